The minimum absolute atomic E-state index is 0. The third kappa shape index (κ3) is 12.6. The Kier molecular flexibility index (Phi) is 20.1. The summed E-state index contributed by atoms with van der Waals surface area (Å²) in [6, 6.07) is 0. The second-order valence-electron chi connectivity index (χ2n) is 0.0816. The van der Waals surface area contributed by atoms with Crippen molar-refractivity contribution in [2.45, 2.75) is 0 Å². The summed E-state index contributed by atoms with van der Waals surface area (Å²) >= 11 is 0. The van der Waals surface area contributed by atoms with Gasteiger partial charge in [-0.25, -0.2) is 4.57 Å². The Bertz CT molecular complexity index is 13.5. The van der Waals surface area contributed by atoms with E-state index in [-0.39, 0.29) is 25.8 Å². The molecule has 0 radical (unpaired) electrons. The van der Waals surface area contributed by atoms with Crippen LogP contribution >= 0.6 is 8.69 Å². The number of hydrogen-bond donors (Lipinski definition) is 1. The molecule has 0 saturated carbocycles. The van der Waals surface area contributed by atoms with Crippen LogP contribution in [-0.2, 0) is 4.57 Å². The van der Waals surface area contributed by atoms with E-state index in [1.807, 2.05) is 0 Å². The van der Waals surface area contributed by atoms with Crippen LogP contribution in [0.1, 0.15) is 0 Å². The molecule has 1 N–H and O–H groups in total. The average Bonchev–Trinajstić information content (AvgIpc) is 0.918. The van der Waals surface area contributed by atoms with Crippen molar-refractivity contribution < 1.29 is 9.46 Å². The molecule has 4 heavy (non-hydrogen) atoms. The second-order valence-corrected chi connectivity index (χ2v) is 0.245. The molecule has 4 heteroatoms. The van der Waals surface area contributed by atoms with E-state index in [1.165, 1.54) is 0 Å². The molecule has 0 fully saturated rings. The summed E-state index contributed by atoms with van der Waals surface area (Å²) in [4.78, 5) is 6.99. The summed E-state index contributed by atoms with van der Waals surface area (Å²) in [7, 11) is -0.833. The third-order valence-corrected chi connectivity index (χ3v) is 0. The molecule has 0 heterocycles. The molecule has 0 bridgehead atoms. The molecule has 0 saturated heterocycles. The van der Waals surface area contributed by atoms with Gasteiger partial charge in [0.25, 0.3) is 0 Å². The van der Waals surface area contributed by atoms with Crippen molar-refractivity contribution in [2.75, 3.05) is 0 Å². The fraction of sp³-hybridized carbons (Fsp3) is 0. The van der Waals surface area contributed by atoms with E-state index in [9.17, 15) is 0 Å². The topological polar surface area (TPSA) is 37.3 Å². The van der Waals surface area contributed by atoms with Crippen molar-refractivity contribution in [3.63, 3.8) is 0 Å². The minimum atomic E-state index is -0.833. The van der Waals surface area contributed by atoms with Crippen molar-refractivity contribution >= 4 is 34.5 Å². The molecule has 0 atom stereocenters. The zero-order valence-corrected chi connectivity index (χ0v) is 2.20. The molecule has 0 aliphatic rings. The normalized spacial score (nSPS) is 5.25. The number of rotatable bonds is 0. The first kappa shape index (κ1) is 8.87. The van der Waals surface area contributed by atoms with Gasteiger partial charge in [-0.05, 0) is 0 Å². The van der Waals surface area contributed by atoms with E-state index in [2.05, 4.69) is 0 Å². The van der Waals surface area contributed by atoms with Gasteiger partial charge >= 0.3 is 34.5 Å². The van der Waals surface area contributed by atoms with Crippen LogP contribution in [0.2, 0.25) is 0 Å². The SMILES string of the molecule is O=PO.[InH3]. The maximum absolute atomic E-state index is 8.46. The average molecular weight is 182 g/mol. The zero-order valence-electron chi connectivity index (χ0n) is 1.30. The van der Waals surface area contributed by atoms with Gasteiger partial charge in [0.2, 0.25) is 0 Å². The zero-order chi connectivity index (χ0) is 2.71. The van der Waals surface area contributed by atoms with E-state index in [0.29, 0.717) is 0 Å². The van der Waals surface area contributed by atoms with Crippen LogP contribution in [0, 0.1) is 0 Å². The summed E-state index contributed by atoms with van der Waals surface area (Å²) in [5.74, 6) is 0. The molecule has 0 unspecified atom stereocenters. The van der Waals surface area contributed by atoms with E-state index >= 15 is 0 Å². The Morgan fingerprint density at radius 2 is 1.75 bits per heavy atom. The van der Waals surface area contributed by atoms with Crippen LogP contribution in [0.25, 0.3) is 0 Å². The van der Waals surface area contributed by atoms with Crippen LogP contribution < -0.4 is 0 Å². The molecule has 0 aliphatic heterocycles. The fourth-order valence-electron chi connectivity index (χ4n) is 0. The van der Waals surface area contributed by atoms with E-state index in [4.69, 9.17) is 9.46 Å². The second kappa shape index (κ2) is 9.06. The van der Waals surface area contributed by atoms with E-state index in [1.54, 1.807) is 0 Å². The monoisotopic (exact) mass is 182 g/mol. The van der Waals surface area contributed by atoms with Crippen LogP contribution in [0.4, 0.5) is 0 Å². The Labute approximate surface area is 44.3 Å². The standard InChI is InChI=1S/In.HO2P.3H/c;1-3-2;;;/h;(H,1,2);;;. The summed E-state index contributed by atoms with van der Waals surface area (Å²) in [6.07, 6.45) is 0. The van der Waals surface area contributed by atoms with Crippen LogP contribution in [0.5, 0.6) is 0 Å². The van der Waals surface area contributed by atoms with Gasteiger partial charge in [0, 0.05) is 0 Å². The Morgan fingerprint density at radius 1 is 1.75 bits per heavy atom. The predicted octanol–water partition coefficient (Wildman–Crippen LogP) is -0.999. The predicted molar refractivity (Wildman–Crippen MR) is 19.8 cm³/mol. The first-order chi connectivity index (χ1) is 1.41. The summed E-state index contributed by atoms with van der Waals surface area (Å²) in [5.41, 5.74) is 0. The van der Waals surface area contributed by atoms with Gasteiger partial charge in [0.1, 0.15) is 0 Å². The van der Waals surface area contributed by atoms with Crippen molar-refractivity contribution in [3.8, 4) is 0 Å². The van der Waals surface area contributed by atoms with Crippen molar-refractivity contribution in [1.29, 1.82) is 0 Å². The van der Waals surface area contributed by atoms with Gasteiger partial charge in [-0.2, -0.15) is 0 Å². The fourth-order valence-corrected chi connectivity index (χ4v) is 0. The van der Waals surface area contributed by atoms with Crippen LogP contribution in [0.15, 0.2) is 0 Å². The van der Waals surface area contributed by atoms with Gasteiger partial charge in [0.05, 0.1) is 0 Å². The Balaban J connectivity index is 0. The summed E-state index contributed by atoms with van der Waals surface area (Å²) < 4.78 is 8.46. The molecule has 0 aromatic carbocycles. The molecule has 2 nitrogen and oxygen atoms in total. The van der Waals surface area contributed by atoms with Crippen molar-refractivity contribution in [2.24, 2.45) is 0 Å². The molecule has 0 rings (SSSR count). The van der Waals surface area contributed by atoms with E-state index < -0.39 is 8.69 Å². The molecule has 0 aliphatic carbocycles. The van der Waals surface area contributed by atoms with Crippen molar-refractivity contribution in [3.05, 3.63) is 0 Å². The summed E-state index contributed by atoms with van der Waals surface area (Å²) in [6.45, 7) is 0. The molecule has 0 aromatic rings. The molecule has 0 amide bonds. The van der Waals surface area contributed by atoms with Gasteiger partial charge in [-0.15, -0.1) is 0 Å². The first-order valence-electron chi connectivity index (χ1n) is 0.383. The van der Waals surface area contributed by atoms with Gasteiger partial charge in [-0.1, -0.05) is 0 Å². The molecule has 0 spiro atoms. The molecular weight excluding hydrogens is 178 g/mol. The van der Waals surface area contributed by atoms with Crippen LogP contribution in [-0.4, -0.2) is 30.7 Å². The van der Waals surface area contributed by atoms with Crippen molar-refractivity contribution in [1.82, 2.24) is 0 Å². The number of hydrogen-bond acceptors (Lipinski definition) is 1. The van der Waals surface area contributed by atoms with Gasteiger partial charge in [0.15, 0.2) is 0 Å². The molecular formula is H4InO2P. The van der Waals surface area contributed by atoms with Gasteiger partial charge < -0.3 is 4.89 Å². The van der Waals surface area contributed by atoms with E-state index in [0.717, 1.165) is 0 Å². The molecule has 0 aromatic heterocycles. The maximum atomic E-state index is 8.46. The Morgan fingerprint density at radius 3 is 1.75 bits per heavy atom. The Hall–Kier alpha value is 0.930. The third-order valence-electron chi connectivity index (χ3n) is 0. The quantitative estimate of drug-likeness (QED) is 0.487. The van der Waals surface area contributed by atoms with Crippen LogP contribution in [0.3, 0.4) is 0 Å². The summed E-state index contributed by atoms with van der Waals surface area (Å²) in [5, 5.41) is 0. The van der Waals surface area contributed by atoms with Gasteiger partial charge in [-0.3, -0.25) is 0 Å². The first-order valence-corrected chi connectivity index (χ1v) is 1.15. The molecule has 24 valence electrons.